The summed E-state index contributed by atoms with van der Waals surface area (Å²) >= 11 is 0. The topological polar surface area (TPSA) is 151 Å². The number of anilines is 1. The molecule has 3 heterocycles. The summed E-state index contributed by atoms with van der Waals surface area (Å²) in [6.07, 6.45) is 0.764. The smallest absolute Gasteiger partial charge is 0.280 e. The van der Waals surface area contributed by atoms with Gasteiger partial charge < -0.3 is 15.0 Å². The fourth-order valence-corrected chi connectivity index (χ4v) is 3.55. The molecule has 1 aliphatic heterocycles. The van der Waals surface area contributed by atoms with E-state index in [-0.39, 0.29) is 35.5 Å². The van der Waals surface area contributed by atoms with Crippen LogP contribution in [0.4, 0.5) is 5.95 Å². The molecular formula is C14H23N6O4P. The van der Waals surface area contributed by atoms with Crippen LogP contribution < -0.4 is 16.8 Å². The summed E-state index contributed by atoms with van der Waals surface area (Å²) in [5.74, 6) is 0.0823. The minimum absolute atomic E-state index is 0.0121. The van der Waals surface area contributed by atoms with E-state index in [1.54, 1.807) is 4.57 Å². The summed E-state index contributed by atoms with van der Waals surface area (Å²) in [6, 6.07) is 0. The summed E-state index contributed by atoms with van der Waals surface area (Å²) < 4.78 is 24.7. The first-order chi connectivity index (χ1) is 11.5. The van der Waals surface area contributed by atoms with Gasteiger partial charge in [0.15, 0.2) is 11.2 Å². The lowest BCUT2D eigenvalue weighted by Crippen LogP contribution is -2.29. The van der Waals surface area contributed by atoms with Crippen molar-refractivity contribution >= 4 is 24.6 Å². The molecule has 11 heteroatoms. The van der Waals surface area contributed by atoms with Crippen molar-refractivity contribution in [3.8, 4) is 0 Å². The number of aromatic nitrogens is 4. The highest BCUT2D eigenvalue weighted by atomic mass is 31.2. The maximum absolute atomic E-state index is 12.0. The number of nitrogen functional groups attached to an aromatic ring is 1. The molecule has 25 heavy (non-hydrogen) atoms. The average Bonchev–Trinajstić information content (AvgIpc) is 2.97. The Morgan fingerprint density at radius 3 is 2.84 bits per heavy atom. The van der Waals surface area contributed by atoms with Crippen molar-refractivity contribution < 1.29 is 13.8 Å². The molecule has 2 aromatic heterocycles. The first-order valence-corrected chi connectivity index (χ1v) is 10.0. The van der Waals surface area contributed by atoms with Gasteiger partial charge in [0.05, 0.1) is 19.0 Å². The molecule has 0 aromatic carbocycles. The number of nitrogens with one attached hydrogen (secondary N) is 1. The second kappa shape index (κ2) is 5.91. The van der Waals surface area contributed by atoms with E-state index >= 15 is 0 Å². The maximum atomic E-state index is 12.0. The third-order valence-corrected chi connectivity index (χ3v) is 5.53. The van der Waals surface area contributed by atoms with E-state index < -0.39 is 19.3 Å². The molecule has 0 aliphatic carbocycles. The van der Waals surface area contributed by atoms with Gasteiger partial charge in [-0.15, -0.1) is 0 Å². The molecule has 10 nitrogen and oxygen atoms in total. The number of ether oxygens (including phenoxy) is 1. The van der Waals surface area contributed by atoms with Crippen LogP contribution in [0.1, 0.15) is 27.0 Å². The van der Waals surface area contributed by atoms with Crippen LogP contribution in [0.3, 0.4) is 0 Å². The number of fused-ring (bicyclic) bond motifs is 1. The molecule has 5 N–H and O–H groups in total. The minimum atomic E-state index is -3.09. The lowest BCUT2D eigenvalue weighted by Gasteiger charge is -2.29. The lowest BCUT2D eigenvalue weighted by atomic mass is 9.78. The van der Waals surface area contributed by atoms with Gasteiger partial charge in [-0.25, -0.2) is 4.98 Å². The van der Waals surface area contributed by atoms with Crippen LogP contribution in [-0.4, -0.2) is 38.9 Å². The summed E-state index contributed by atoms with van der Waals surface area (Å²) in [4.78, 5) is 22.7. The number of aromatic amines is 1. The van der Waals surface area contributed by atoms with E-state index in [1.165, 1.54) is 13.0 Å². The molecule has 4 unspecified atom stereocenters. The van der Waals surface area contributed by atoms with Crippen molar-refractivity contribution in [2.75, 3.05) is 19.0 Å². The van der Waals surface area contributed by atoms with Crippen molar-refractivity contribution in [1.82, 2.24) is 19.5 Å². The van der Waals surface area contributed by atoms with E-state index in [0.29, 0.717) is 5.65 Å². The maximum Gasteiger partial charge on any atom is 0.280 e. The molecule has 138 valence electrons. The minimum Gasteiger partial charge on any atom is -0.369 e. The fraction of sp³-hybridized carbons (Fsp3) is 0.643. The Morgan fingerprint density at radius 2 is 2.20 bits per heavy atom. The predicted octanol–water partition coefficient (Wildman–Crippen LogP) is 1.06. The number of rotatable bonds is 4. The van der Waals surface area contributed by atoms with Gasteiger partial charge in [-0.1, -0.05) is 20.8 Å². The van der Waals surface area contributed by atoms with Gasteiger partial charge in [0, 0.05) is 12.1 Å². The van der Waals surface area contributed by atoms with E-state index in [2.05, 4.69) is 15.0 Å². The highest BCUT2D eigenvalue weighted by Crippen LogP contribution is 2.50. The van der Waals surface area contributed by atoms with Gasteiger partial charge in [-0.2, -0.15) is 4.98 Å². The summed E-state index contributed by atoms with van der Waals surface area (Å²) in [5, 5.41) is 0. The van der Waals surface area contributed by atoms with Gasteiger partial charge in [-0.05, 0) is 5.92 Å². The van der Waals surface area contributed by atoms with Crippen molar-refractivity contribution in [3.05, 3.63) is 16.7 Å². The van der Waals surface area contributed by atoms with Crippen LogP contribution in [0.15, 0.2) is 11.1 Å². The molecule has 0 bridgehead atoms. The van der Waals surface area contributed by atoms with E-state index in [0.717, 1.165) is 0 Å². The molecule has 3 rings (SSSR count). The van der Waals surface area contributed by atoms with Crippen molar-refractivity contribution in [2.24, 2.45) is 16.8 Å². The molecule has 1 aliphatic rings. The van der Waals surface area contributed by atoms with Crippen LogP contribution in [0.2, 0.25) is 0 Å². The monoisotopic (exact) mass is 370 g/mol. The number of H-pyrrole nitrogens is 1. The average molecular weight is 370 g/mol. The molecular weight excluding hydrogens is 347 g/mol. The van der Waals surface area contributed by atoms with Crippen molar-refractivity contribution in [1.29, 1.82) is 0 Å². The number of nitrogens with two attached hydrogens (primary N) is 2. The Bertz CT molecular complexity index is 900. The number of hydrogen-bond donors (Lipinski definition) is 3. The fourth-order valence-electron chi connectivity index (χ4n) is 3.11. The molecule has 4 atom stereocenters. The number of nitrogens with zero attached hydrogens (tertiary/aromatic N) is 3. The second-order valence-corrected chi connectivity index (χ2v) is 9.19. The summed E-state index contributed by atoms with van der Waals surface area (Å²) in [7, 11) is -3.09. The third-order valence-electron chi connectivity index (χ3n) is 4.87. The SMILES string of the molecule is CC1C(COP(C)(N)=O)OC(n2cnc3c(=O)[nH]c(N)nc32)C1(C)C. The molecule has 0 radical (unpaired) electrons. The Labute approximate surface area is 144 Å². The van der Waals surface area contributed by atoms with Gasteiger partial charge in [0.2, 0.25) is 5.95 Å². The van der Waals surface area contributed by atoms with E-state index in [1.807, 2.05) is 20.8 Å². The molecule has 1 saturated heterocycles. The summed E-state index contributed by atoms with van der Waals surface area (Å²) in [5.41, 5.74) is 10.9. The Hall–Kier alpha value is -1.74. The van der Waals surface area contributed by atoms with Crippen molar-refractivity contribution in [3.63, 3.8) is 0 Å². The molecule has 0 spiro atoms. The Morgan fingerprint density at radius 1 is 1.52 bits per heavy atom. The number of hydrogen-bond acceptors (Lipinski definition) is 7. The predicted molar refractivity (Wildman–Crippen MR) is 93.1 cm³/mol. The van der Waals surface area contributed by atoms with Crippen LogP contribution in [-0.2, 0) is 13.8 Å². The van der Waals surface area contributed by atoms with Gasteiger partial charge in [0.25, 0.3) is 13.1 Å². The van der Waals surface area contributed by atoms with Gasteiger partial charge in [-0.3, -0.25) is 24.4 Å². The third kappa shape index (κ3) is 3.22. The largest absolute Gasteiger partial charge is 0.369 e. The lowest BCUT2D eigenvalue weighted by molar-refractivity contribution is -0.0418. The van der Waals surface area contributed by atoms with Gasteiger partial charge >= 0.3 is 0 Å². The highest BCUT2D eigenvalue weighted by Gasteiger charge is 2.49. The van der Waals surface area contributed by atoms with Crippen molar-refractivity contribution in [2.45, 2.75) is 33.1 Å². The molecule has 2 aromatic rings. The molecule has 0 saturated carbocycles. The zero-order chi connectivity index (χ0) is 18.6. The first-order valence-electron chi connectivity index (χ1n) is 7.89. The zero-order valence-corrected chi connectivity index (χ0v) is 15.5. The Balaban J connectivity index is 1.97. The zero-order valence-electron chi connectivity index (χ0n) is 14.6. The summed E-state index contributed by atoms with van der Waals surface area (Å²) in [6.45, 7) is 7.59. The van der Waals surface area contributed by atoms with Crippen LogP contribution in [0, 0.1) is 11.3 Å². The normalized spacial score (nSPS) is 28.3. The highest BCUT2D eigenvalue weighted by molar-refractivity contribution is 7.55. The standard InChI is InChI=1S/C14H23N6O4P/c1-7-8(5-23-25(4,16)22)24-12(14(7,2)3)20-6-17-9-10(20)18-13(15)19-11(9)21/h6-8,12H,5H2,1-4H3,(H2,16,22)(H3,15,18,19,21). The van der Waals surface area contributed by atoms with Crippen LogP contribution >= 0.6 is 7.52 Å². The molecule has 0 amide bonds. The van der Waals surface area contributed by atoms with Gasteiger partial charge in [0.1, 0.15) is 6.23 Å². The van der Waals surface area contributed by atoms with Crippen LogP contribution in [0.5, 0.6) is 0 Å². The van der Waals surface area contributed by atoms with E-state index in [4.69, 9.17) is 20.5 Å². The quantitative estimate of drug-likeness (QED) is 0.676. The first kappa shape index (κ1) is 18.1. The second-order valence-electron chi connectivity index (χ2n) is 7.12. The van der Waals surface area contributed by atoms with E-state index in [9.17, 15) is 9.36 Å². The Kier molecular flexibility index (Phi) is 4.27. The van der Waals surface area contributed by atoms with Crippen LogP contribution in [0.25, 0.3) is 11.2 Å². The molecule has 1 fully saturated rings. The number of imidazole rings is 1.